The van der Waals surface area contributed by atoms with Gasteiger partial charge in [-0.2, -0.15) is 13.2 Å². The van der Waals surface area contributed by atoms with Crippen molar-refractivity contribution in [2.24, 2.45) is 0 Å². The molecule has 0 fully saturated rings. The number of hydrogen-bond donors (Lipinski definition) is 1. The summed E-state index contributed by atoms with van der Waals surface area (Å²) in [5, 5.41) is 2.66. The summed E-state index contributed by atoms with van der Waals surface area (Å²) < 4.78 is 38.3. The quantitative estimate of drug-likeness (QED) is 0.770. The Bertz CT molecular complexity index is 574. The monoisotopic (exact) mass is 345 g/mol. The molecule has 134 valence electrons. The number of anilines is 1. The first kappa shape index (κ1) is 20.0. The number of hydrogen-bond acceptors (Lipinski definition) is 3. The lowest BCUT2D eigenvalue weighted by Gasteiger charge is -2.22. The van der Waals surface area contributed by atoms with Crippen LogP contribution in [0, 0.1) is 0 Å². The van der Waals surface area contributed by atoms with E-state index in [0.29, 0.717) is 6.54 Å². The highest BCUT2D eigenvalue weighted by Crippen LogP contribution is 2.31. The summed E-state index contributed by atoms with van der Waals surface area (Å²) in [6.45, 7) is 2.12. The summed E-state index contributed by atoms with van der Waals surface area (Å²) in [6.07, 6.45) is -3.77. The van der Waals surface area contributed by atoms with E-state index < -0.39 is 23.6 Å². The lowest BCUT2D eigenvalue weighted by molar-refractivity contribution is -0.137. The molecule has 0 aliphatic rings. The smallest absolute Gasteiger partial charge is 0.355 e. The molecule has 1 rings (SSSR count). The molecular weight excluding hydrogens is 323 g/mol. The normalized spacial score (nSPS) is 11.5. The molecule has 0 bridgehead atoms. The van der Waals surface area contributed by atoms with Crippen molar-refractivity contribution in [3.8, 4) is 0 Å². The molecule has 1 N–H and O–H groups in total. The molecule has 0 saturated heterocycles. The third-order valence-corrected chi connectivity index (χ3v) is 3.27. The van der Waals surface area contributed by atoms with Crippen molar-refractivity contribution in [1.82, 2.24) is 10.2 Å². The highest BCUT2D eigenvalue weighted by molar-refractivity contribution is 5.97. The van der Waals surface area contributed by atoms with Crippen LogP contribution in [0.4, 0.5) is 18.9 Å². The minimum atomic E-state index is -4.51. The largest absolute Gasteiger partial charge is 0.416 e. The van der Waals surface area contributed by atoms with Gasteiger partial charge in [0.05, 0.1) is 5.56 Å². The van der Waals surface area contributed by atoms with E-state index in [-0.39, 0.29) is 12.2 Å². The van der Waals surface area contributed by atoms with E-state index in [9.17, 15) is 22.8 Å². The SMILES string of the molecule is CC(=O)N(CC(=O)NCCCN(C)C)c1cccc(C(F)(F)F)c1. The fourth-order valence-electron chi connectivity index (χ4n) is 2.06. The Morgan fingerprint density at radius 2 is 1.88 bits per heavy atom. The molecule has 0 aliphatic carbocycles. The highest BCUT2D eigenvalue weighted by atomic mass is 19.4. The average molecular weight is 345 g/mol. The second kappa shape index (κ2) is 8.68. The molecule has 24 heavy (non-hydrogen) atoms. The number of nitrogens with zero attached hydrogens (tertiary/aromatic N) is 2. The zero-order chi connectivity index (χ0) is 18.3. The molecule has 5 nitrogen and oxygen atoms in total. The van der Waals surface area contributed by atoms with Gasteiger partial charge in [-0.1, -0.05) is 6.07 Å². The highest BCUT2D eigenvalue weighted by Gasteiger charge is 2.31. The Morgan fingerprint density at radius 1 is 1.21 bits per heavy atom. The molecule has 0 aliphatic heterocycles. The van der Waals surface area contributed by atoms with Crippen LogP contribution in [0.2, 0.25) is 0 Å². The van der Waals surface area contributed by atoms with Crippen molar-refractivity contribution in [3.05, 3.63) is 29.8 Å². The number of nitrogens with one attached hydrogen (secondary N) is 1. The van der Waals surface area contributed by atoms with Gasteiger partial charge < -0.3 is 15.1 Å². The van der Waals surface area contributed by atoms with E-state index in [1.807, 2.05) is 19.0 Å². The van der Waals surface area contributed by atoms with Gasteiger partial charge in [0.1, 0.15) is 6.54 Å². The van der Waals surface area contributed by atoms with Crippen molar-refractivity contribution in [2.45, 2.75) is 19.5 Å². The predicted octanol–water partition coefficient (Wildman–Crippen LogP) is 2.13. The fraction of sp³-hybridized carbons (Fsp3) is 0.500. The van der Waals surface area contributed by atoms with Crippen molar-refractivity contribution in [1.29, 1.82) is 0 Å². The molecule has 0 spiro atoms. The Balaban J connectivity index is 2.74. The van der Waals surface area contributed by atoms with Gasteiger partial charge in [0.2, 0.25) is 11.8 Å². The standard InChI is InChI=1S/C16H22F3N3O2/c1-12(23)22(11-15(24)20-8-5-9-21(2)3)14-7-4-6-13(10-14)16(17,18)19/h4,6-7,10H,5,8-9,11H2,1-3H3,(H,20,24). The van der Waals surface area contributed by atoms with Crippen LogP contribution in [0.5, 0.6) is 0 Å². The van der Waals surface area contributed by atoms with E-state index in [2.05, 4.69) is 5.32 Å². The first-order valence-electron chi connectivity index (χ1n) is 7.48. The van der Waals surface area contributed by atoms with Crippen molar-refractivity contribution in [2.75, 3.05) is 38.6 Å². The summed E-state index contributed by atoms with van der Waals surface area (Å²) >= 11 is 0. The van der Waals surface area contributed by atoms with Crippen LogP contribution in [0.1, 0.15) is 18.9 Å². The van der Waals surface area contributed by atoms with Crippen molar-refractivity contribution < 1.29 is 22.8 Å². The number of rotatable bonds is 7. The van der Waals surface area contributed by atoms with Gasteiger partial charge in [-0.05, 0) is 45.3 Å². The number of alkyl halides is 3. The van der Waals surface area contributed by atoms with Gasteiger partial charge in [-0.3, -0.25) is 9.59 Å². The minimum absolute atomic E-state index is 0.0424. The Hall–Kier alpha value is -2.09. The van der Waals surface area contributed by atoms with Crippen LogP contribution in [0.15, 0.2) is 24.3 Å². The number of benzene rings is 1. The van der Waals surface area contributed by atoms with Gasteiger partial charge in [-0.25, -0.2) is 0 Å². The lowest BCUT2D eigenvalue weighted by Crippen LogP contribution is -2.40. The van der Waals surface area contributed by atoms with Crippen LogP contribution in [-0.4, -0.2) is 50.4 Å². The Kier molecular flexibility index (Phi) is 7.21. The molecule has 0 radical (unpaired) electrons. The lowest BCUT2D eigenvalue weighted by atomic mass is 10.1. The molecule has 0 atom stereocenters. The average Bonchev–Trinajstić information content (AvgIpc) is 2.48. The minimum Gasteiger partial charge on any atom is -0.355 e. The van der Waals surface area contributed by atoms with Gasteiger partial charge in [0, 0.05) is 19.2 Å². The number of amides is 2. The molecule has 1 aromatic carbocycles. The van der Waals surface area contributed by atoms with Gasteiger partial charge in [0.25, 0.3) is 0 Å². The summed E-state index contributed by atoms with van der Waals surface area (Å²) in [4.78, 5) is 26.6. The second-order valence-corrected chi connectivity index (χ2v) is 5.66. The zero-order valence-electron chi connectivity index (χ0n) is 14.0. The zero-order valence-corrected chi connectivity index (χ0v) is 14.0. The summed E-state index contributed by atoms with van der Waals surface area (Å²) in [6, 6.07) is 4.36. The number of carbonyl (C=O) groups excluding carboxylic acids is 2. The van der Waals surface area contributed by atoms with E-state index in [4.69, 9.17) is 0 Å². The second-order valence-electron chi connectivity index (χ2n) is 5.66. The Labute approximate surface area is 139 Å². The Morgan fingerprint density at radius 3 is 2.42 bits per heavy atom. The summed E-state index contributed by atoms with van der Waals surface area (Å²) in [5.74, 6) is -0.917. The molecule has 0 heterocycles. The van der Waals surface area contributed by atoms with Crippen LogP contribution in [0.25, 0.3) is 0 Å². The maximum Gasteiger partial charge on any atom is 0.416 e. The van der Waals surface area contributed by atoms with Gasteiger partial charge in [0.15, 0.2) is 0 Å². The maximum absolute atomic E-state index is 12.8. The first-order valence-corrected chi connectivity index (χ1v) is 7.48. The molecule has 0 unspecified atom stereocenters. The molecule has 2 amide bonds. The van der Waals surface area contributed by atoms with Crippen LogP contribution < -0.4 is 10.2 Å². The van der Waals surface area contributed by atoms with Crippen LogP contribution in [-0.2, 0) is 15.8 Å². The van der Waals surface area contributed by atoms with E-state index in [1.165, 1.54) is 19.1 Å². The molecular formula is C16H22F3N3O2. The van der Waals surface area contributed by atoms with E-state index in [1.54, 1.807) is 0 Å². The maximum atomic E-state index is 12.8. The van der Waals surface area contributed by atoms with E-state index in [0.717, 1.165) is 30.0 Å². The number of carbonyl (C=O) groups is 2. The third kappa shape index (κ3) is 6.57. The van der Waals surface area contributed by atoms with Crippen molar-refractivity contribution in [3.63, 3.8) is 0 Å². The topological polar surface area (TPSA) is 52.7 Å². The number of halogens is 3. The van der Waals surface area contributed by atoms with Crippen LogP contribution in [0.3, 0.4) is 0 Å². The summed E-state index contributed by atoms with van der Waals surface area (Å²) in [5.41, 5.74) is -0.821. The molecule has 8 heteroatoms. The van der Waals surface area contributed by atoms with Crippen LogP contribution >= 0.6 is 0 Å². The summed E-state index contributed by atoms with van der Waals surface area (Å²) in [7, 11) is 3.82. The fourth-order valence-corrected chi connectivity index (χ4v) is 2.06. The predicted molar refractivity (Wildman–Crippen MR) is 85.7 cm³/mol. The molecule has 1 aromatic rings. The van der Waals surface area contributed by atoms with Crippen molar-refractivity contribution >= 4 is 17.5 Å². The van der Waals surface area contributed by atoms with Gasteiger partial charge in [-0.15, -0.1) is 0 Å². The molecule has 0 aromatic heterocycles. The van der Waals surface area contributed by atoms with Gasteiger partial charge >= 0.3 is 6.18 Å². The molecule has 0 saturated carbocycles. The first-order chi connectivity index (χ1) is 11.1. The third-order valence-electron chi connectivity index (χ3n) is 3.27. The van der Waals surface area contributed by atoms with E-state index >= 15 is 0 Å².